The fourth-order valence-electron chi connectivity index (χ4n) is 1.45. The van der Waals surface area contributed by atoms with Crippen LogP contribution in [0.15, 0.2) is 24.3 Å². The molecule has 0 atom stereocenters. The van der Waals surface area contributed by atoms with Crippen molar-refractivity contribution in [2.24, 2.45) is 0 Å². The van der Waals surface area contributed by atoms with E-state index in [9.17, 15) is 9.59 Å². The number of carbonyl (C=O) groups excluding carboxylic acids is 1. The average Bonchev–Trinajstić information content (AvgIpc) is 2.38. The molecule has 104 valence electrons. The normalized spacial score (nSPS) is 10.9. The van der Waals surface area contributed by atoms with E-state index in [1.54, 1.807) is 24.3 Å². The number of likely N-dealkylation sites (N-methyl/N-ethyl adjacent to an activating group) is 1. The highest BCUT2D eigenvalue weighted by molar-refractivity contribution is 5.97. The number of carboxylic acids is 1. The Bertz CT molecular complexity index is 465. The van der Waals surface area contributed by atoms with Gasteiger partial charge in [0.2, 0.25) is 0 Å². The number of aliphatic carboxylic acids is 1. The van der Waals surface area contributed by atoms with E-state index in [1.807, 2.05) is 6.92 Å². The topological polar surface area (TPSA) is 66.8 Å². The molecular weight excluding hydrogens is 246 g/mol. The van der Waals surface area contributed by atoms with Crippen molar-refractivity contribution in [1.82, 2.24) is 4.90 Å². The van der Waals surface area contributed by atoms with Gasteiger partial charge in [-0.25, -0.2) is 4.79 Å². The minimum Gasteiger partial charge on any atom is -0.494 e. The Hall–Kier alpha value is -2.04. The van der Waals surface area contributed by atoms with E-state index < -0.39 is 11.5 Å². The number of rotatable bonds is 5. The molecule has 0 bridgehead atoms. The van der Waals surface area contributed by atoms with Gasteiger partial charge in [0.15, 0.2) is 0 Å². The molecule has 1 N–H and O–H groups in total. The van der Waals surface area contributed by atoms with Crippen LogP contribution in [0.2, 0.25) is 0 Å². The Labute approximate surface area is 112 Å². The third-order valence-electron chi connectivity index (χ3n) is 3.08. The van der Waals surface area contributed by atoms with Gasteiger partial charge in [-0.2, -0.15) is 0 Å². The summed E-state index contributed by atoms with van der Waals surface area (Å²) < 4.78 is 5.29. The molecule has 5 nitrogen and oxygen atoms in total. The third kappa shape index (κ3) is 3.24. The number of benzene rings is 1. The van der Waals surface area contributed by atoms with Gasteiger partial charge >= 0.3 is 5.97 Å². The molecule has 1 rings (SSSR count). The van der Waals surface area contributed by atoms with Crippen LogP contribution < -0.4 is 4.74 Å². The van der Waals surface area contributed by atoms with Crippen molar-refractivity contribution in [2.45, 2.75) is 26.3 Å². The van der Waals surface area contributed by atoms with Crippen LogP contribution in [0.25, 0.3) is 0 Å². The number of ether oxygens (including phenoxy) is 1. The van der Waals surface area contributed by atoms with Crippen LogP contribution >= 0.6 is 0 Å². The van der Waals surface area contributed by atoms with Crippen molar-refractivity contribution in [1.29, 1.82) is 0 Å². The second-order valence-electron chi connectivity index (χ2n) is 4.69. The van der Waals surface area contributed by atoms with Crippen molar-refractivity contribution >= 4 is 11.9 Å². The van der Waals surface area contributed by atoms with E-state index in [0.717, 1.165) is 0 Å². The predicted octanol–water partition coefficient (Wildman–Crippen LogP) is 2.02. The molecule has 0 aliphatic carbocycles. The van der Waals surface area contributed by atoms with Crippen molar-refractivity contribution in [3.63, 3.8) is 0 Å². The molecule has 5 heteroatoms. The van der Waals surface area contributed by atoms with Crippen molar-refractivity contribution in [2.75, 3.05) is 13.7 Å². The summed E-state index contributed by atoms with van der Waals surface area (Å²) in [6.07, 6.45) is 0. The molecule has 1 aromatic carbocycles. The van der Waals surface area contributed by atoms with E-state index in [1.165, 1.54) is 25.8 Å². The highest BCUT2D eigenvalue weighted by Gasteiger charge is 2.35. The van der Waals surface area contributed by atoms with Gasteiger partial charge in [0.25, 0.3) is 5.91 Å². The van der Waals surface area contributed by atoms with Crippen LogP contribution in [0, 0.1) is 0 Å². The molecule has 0 fully saturated rings. The quantitative estimate of drug-likeness (QED) is 0.884. The molecule has 0 unspecified atom stereocenters. The maximum Gasteiger partial charge on any atom is 0.329 e. The average molecular weight is 265 g/mol. The number of carboxylic acid groups (broad SMARTS) is 1. The van der Waals surface area contributed by atoms with Crippen LogP contribution in [0.4, 0.5) is 0 Å². The first-order chi connectivity index (χ1) is 8.80. The van der Waals surface area contributed by atoms with Gasteiger partial charge in [0.05, 0.1) is 6.61 Å². The Morgan fingerprint density at radius 2 is 1.79 bits per heavy atom. The lowest BCUT2D eigenvalue weighted by atomic mass is 10.0. The molecule has 19 heavy (non-hydrogen) atoms. The number of carbonyl (C=O) groups is 2. The molecule has 0 aromatic heterocycles. The molecule has 0 spiro atoms. The molecule has 0 radical (unpaired) electrons. The predicted molar refractivity (Wildman–Crippen MR) is 71.4 cm³/mol. The zero-order chi connectivity index (χ0) is 14.6. The van der Waals surface area contributed by atoms with Crippen LogP contribution in [-0.2, 0) is 4.79 Å². The SMILES string of the molecule is CCOc1ccc(C(=O)N(C)C(C)(C)C(=O)O)cc1. The Morgan fingerprint density at radius 3 is 2.21 bits per heavy atom. The molecule has 0 aliphatic heterocycles. The standard InChI is InChI=1S/C14H19NO4/c1-5-19-11-8-6-10(7-9-11)12(16)15(4)14(2,3)13(17)18/h6-9H,5H2,1-4H3,(H,17,18). The summed E-state index contributed by atoms with van der Waals surface area (Å²) in [6.45, 7) is 5.41. The first-order valence-electron chi connectivity index (χ1n) is 6.05. The Balaban J connectivity index is 2.91. The minimum absolute atomic E-state index is 0.338. The maximum atomic E-state index is 12.2. The van der Waals surface area contributed by atoms with Crippen molar-refractivity contribution in [3.05, 3.63) is 29.8 Å². The number of nitrogens with zero attached hydrogens (tertiary/aromatic N) is 1. The third-order valence-corrected chi connectivity index (χ3v) is 3.08. The number of hydrogen-bond acceptors (Lipinski definition) is 3. The van der Waals surface area contributed by atoms with Gasteiger partial charge in [-0.05, 0) is 45.0 Å². The van der Waals surface area contributed by atoms with Gasteiger partial charge < -0.3 is 14.7 Å². The lowest BCUT2D eigenvalue weighted by molar-refractivity contribution is -0.147. The summed E-state index contributed by atoms with van der Waals surface area (Å²) in [5, 5.41) is 9.11. The lowest BCUT2D eigenvalue weighted by Gasteiger charge is -2.31. The Morgan fingerprint density at radius 1 is 1.26 bits per heavy atom. The highest BCUT2D eigenvalue weighted by Crippen LogP contribution is 2.18. The summed E-state index contributed by atoms with van der Waals surface area (Å²) in [7, 11) is 1.48. The fourth-order valence-corrected chi connectivity index (χ4v) is 1.45. The summed E-state index contributed by atoms with van der Waals surface area (Å²) in [6, 6.07) is 6.64. The van der Waals surface area contributed by atoms with Crippen molar-refractivity contribution < 1.29 is 19.4 Å². The van der Waals surface area contributed by atoms with Gasteiger partial charge in [0, 0.05) is 12.6 Å². The monoisotopic (exact) mass is 265 g/mol. The number of hydrogen-bond donors (Lipinski definition) is 1. The van der Waals surface area contributed by atoms with Gasteiger partial charge in [-0.1, -0.05) is 0 Å². The fraction of sp³-hybridized carbons (Fsp3) is 0.429. The second kappa shape index (κ2) is 5.73. The zero-order valence-corrected chi connectivity index (χ0v) is 11.6. The molecule has 1 amide bonds. The van der Waals surface area contributed by atoms with E-state index >= 15 is 0 Å². The summed E-state index contributed by atoms with van der Waals surface area (Å²) in [5.41, 5.74) is -0.823. The number of amides is 1. The van der Waals surface area contributed by atoms with Gasteiger partial charge in [-0.15, -0.1) is 0 Å². The van der Waals surface area contributed by atoms with Crippen LogP contribution in [-0.4, -0.2) is 41.1 Å². The van der Waals surface area contributed by atoms with Crippen LogP contribution in [0.3, 0.4) is 0 Å². The lowest BCUT2D eigenvalue weighted by Crippen LogP contribution is -2.50. The maximum absolute atomic E-state index is 12.2. The molecule has 1 aromatic rings. The largest absolute Gasteiger partial charge is 0.494 e. The van der Waals surface area contributed by atoms with E-state index in [4.69, 9.17) is 9.84 Å². The molecule has 0 aliphatic rings. The molecular formula is C14H19NO4. The first-order valence-corrected chi connectivity index (χ1v) is 6.05. The van der Waals surface area contributed by atoms with E-state index in [0.29, 0.717) is 17.9 Å². The molecule has 0 saturated carbocycles. The molecule has 0 heterocycles. The van der Waals surface area contributed by atoms with Crippen LogP contribution in [0.5, 0.6) is 5.75 Å². The van der Waals surface area contributed by atoms with Gasteiger partial charge in [-0.3, -0.25) is 4.79 Å². The van der Waals surface area contributed by atoms with Gasteiger partial charge in [0.1, 0.15) is 11.3 Å². The summed E-state index contributed by atoms with van der Waals surface area (Å²) in [4.78, 5) is 24.5. The van der Waals surface area contributed by atoms with E-state index in [-0.39, 0.29) is 5.91 Å². The molecule has 0 saturated heterocycles. The summed E-state index contributed by atoms with van der Waals surface area (Å²) in [5.74, 6) is -0.705. The Kier molecular flexibility index (Phi) is 4.53. The van der Waals surface area contributed by atoms with Crippen LogP contribution in [0.1, 0.15) is 31.1 Å². The van der Waals surface area contributed by atoms with Crippen molar-refractivity contribution in [3.8, 4) is 5.75 Å². The first kappa shape index (κ1) is 15.0. The highest BCUT2D eigenvalue weighted by atomic mass is 16.5. The van der Waals surface area contributed by atoms with E-state index in [2.05, 4.69) is 0 Å². The minimum atomic E-state index is -1.25. The smallest absolute Gasteiger partial charge is 0.329 e. The summed E-state index contributed by atoms with van der Waals surface area (Å²) >= 11 is 0. The zero-order valence-electron chi connectivity index (χ0n) is 11.6. The second-order valence-corrected chi connectivity index (χ2v) is 4.69.